The Morgan fingerprint density at radius 3 is 1.84 bits per heavy atom. The molecule has 1 unspecified atom stereocenters. The maximum atomic E-state index is 14.1. The lowest BCUT2D eigenvalue weighted by atomic mass is 10.0. The van der Waals surface area contributed by atoms with Crippen molar-refractivity contribution in [3.63, 3.8) is 0 Å². The van der Waals surface area contributed by atoms with Crippen molar-refractivity contribution >= 4 is 29.7 Å². The van der Waals surface area contributed by atoms with Crippen LogP contribution < -0.4 is 10.1 Å². The standard InChI is InChI=1S/C44H42N4O7/c45-40(46-44(52)54-31-32-15-5-1-6-16-32)36-23-25-37(26-24-36)53-30-14-13-27-47-28-29-48(42(50)41(47)49)38(33-17-7-2-8-18-33)43(51)55-39(34-19-9-3-10-20-34)35-21-11-4-12-22-35/h1-12,15-26,38-39H,13-14,27-31H2,(H2,45,46,52). The highest BCUT2D eigenvalue weighted by molar-refractivity contribution is 6.35. The Morgan fingerprint density at radius 1 is 0.673 bits per heavy atom. The van der Waals surface area contributed by atoms with Gasteiger partial charge in [-0.2, -0.15) is 0 Å². The van der Waals surface area contributed by atoms with Crippen molar-refractivity contribution in [3.8, 4) is 5.75 Å². The molecule has 1 heterocycles. The number of hydrogen-bond donors (Lipinski definition) is 2. The van der Waals surface area contributed by atoms with Crippen LogP contribution in [0.5, 0.6) is 5.75 Å². The number of nitrogens with zero attached hydrogens (tertiary/aromatic N) is 2. The van der Waals surface area contributed by atoms with Crippen LogP contribution in [0.2, 0.25) is 0 Å². The number of carbonyl (C=O) groups is 4. The smallest absolute Gasteiger partial charge is 0.413 e. The third-order valence-electron chi connectivity index (χ3n) is 9.10. The van der Waals surface area contributed by atoms with Crippen molar-refractivity contribution in [2.24, 2.45) is 0 Å². The van der Waals surface area contributed by atoms with Crippen molar-refractivity contribution in [2.45, 2.75) is 31.6 Å². The number of amides is 3. The zero-order chi connectivity index (χ0) is 38.4. The molecule has 0 spiro atoms. The van der Waals surface area contributed by atoms with E-state index in [1.54, 1.807) is 48.5 Å². The van der Waals surface area contributed by atoms with Crippen molar-refractivity contribution in [1.29, 1.82) is 5.41 Å². The minimum Gasteiger partial charge on any atom is -0.494 e. The minimum atomic E-state index is -1.11. The molecule has 1 atom stereocenters. The second kappa shape index (κ2) is 18.8. The van der Waals surface area contributed by atoms with E-state index in [0.717, 1.165) is 16.7 Å². The van der Waals surface area contributed by atoms with Crippen LogP contribution in [0.4, 0.5) is 4.79 Å². The fraction of sp³-hybridized carbons (Fsp3) is 0.205. The average molecular weight is 739 g/mol. The number of benzene rings is 5. The first kappa shape index (κ1) is 38.0. The lowest BCUT2D eigenvalue weighted by Crippen LogP contribution is -2.56. The molecule has 11 heteroatoms. The molecule has 3 amide bonds. The molecular formula is C44H42N4O7. The Hall–Kier alpha value is -6.75. The predicted molar refractivity (Wildman–Crippen MR) is 206 cm³/mol. The van der Waals surface area contributed by atoms with Gasteiger partial charge in [0.05, 0.1) is 6.61 Å². The monoisotopic (exact) mass is 738 g/mol. The van der Waals surface area contributed by atoms with Crippen LogP contribution in [-0.4, -0.2) is 65.8 Å². The Kier molecular flexibility index (Phi) is 13.0. The fourth-order valence-electron chi connectivity index (χ4n) is 6.24. The molecule has 1 fully saturated rings. The summed E-state index contributed by atoms with van der Waals surface area (Å²) in [5.41, 5.74) is 3.46. The molecule has 55 heavy (non-hydrogen) atoms. The predicted octanol–water partition coefficient (Wildman–Crippen LogP) is 6.84. The Labute approximate surface area is 320 Å². The summed E-state index contributed by atoms with van der Waals surface area (Å²) in [7, 11) is 0. The lowest BCUT2D eigenvalue weighted by molar-refractivity contribution is -0.166. The highest BCUT2D eigenvalue weighted by atomic mass is 16.6. The third-order valence-corrected chi connectivity index (χ3v) is 9.10. The maximum absolute atomic E-state index is 14.1. The first-order chi connectivity index (χ1) is 26.9. The number of piperazine rings is 1. The number of rotatable bonds is 15. The van der Waals surface area contributed by atoms with Crippen molar-refractivity contribution in [3.05, 3.63) is 173 Å². The van der Waals surface area contributed by atoms with Crippen LogP contribution in [0.3, 0.4) is 0 Å². The molecule has 0 aliphatic carbocycles. The van der Waals surface area contributed by atoms with Crippen LogP contribution in [0, 0.1) is 5.41 Å². The van der Waals surface area contributed by atoms with E-state index in [0.29, 0.717) is 42.9 Å². The molecule has 6 rings (SSSR count). The van der Waals surface area contributed by atoms with Crippen molar-refractivity contribution in [2.75, 3.05) is 26.2 Å². The lowest BCUT2D eigenvalue weighted by Gasteiger charge is -2.38. The number of unbranched alkanes of at least 4 members (excludes halogenated alkanes) is 1. The van der Waals surface area contributed by atoms with E-state index in [9.17, 15) is 19.2 Å². The van der Waals surface area contributed by atoms with E-state index in [-0.39, 0.29) is 25.5 Å². The molecule has 0 radical (unpaired) electrons. The summed E-state index contributed by atoms with van der Waals surface area (Å²) < 4.78 is 17.2. The number of alkyl carbamates (subject to hydrolysis) is 1. The van der Waals surface area contributed by atoms with Gasteiger partial charge < -0.3 is 24.0 Å². The number of esters is 1. The van der Waals surface area contributed by atoms with E-state index in [4.69, 9.17) is 19.6 Å². The first-order valence-electron chi connectivity index (χ1n) is 18.1. The number of carbonyl (C=O) groups excluding carboxylic acids is 4. The SMILES string of the molecule is N=C(NC(=O)OCc1ccccc1)c1ccc(OCCCCN2CCN(C(C(=O)OC(c3ccccc3)c3ccccc3)c3ccccc3)C(=O)C2=O)cc1. The molecule has 2 N–H and O–H groups in total. The van der Waals surface area contributed by atoms with Gasteiger partial charge in [0, 0.05) is 25.2 Å². The highest BCUT2D eigenvalue weighted by Gasteiger charge is 2.41. The van der Waals surface area contributed by atoms with Crippen LogP contribution in [-0.2, 0) is 30.5 Å². The molecule has 0 bridgehead atoms. The number of nitrogens with one attached hydrogen (secondary N) is 2. The summed E-state index contributed by atoms with van der Waals surface area (Å²) >= 11 is 0. The van der Waals surface area contributed by atoms with Gasteiger partial charge in [-0.15, -0.1) is 0 Å². The summed E-state index contributed by atoms with van der Waals surface area (Å²) in [5.74, 6) is -1.56. The van der Waals surface area contributed by atoms with Gasteiger partial charge in [-0.1, -0.05) is 121 Å². The maximum Gasteiger partial charge on any atom is 0.413 e. The molecule has 11 nitrogen and oxygen atoms in total. The molecular weight excluding hydrogens is 697 g/mol. The third kappa shape index (κ3) is 10.2. The van der Waals surface area contributed by atoms with E-state index in [2.05, 4.69) is 5.32 Å². The Balaban J connectivity index is 0.987. The van der Waals surface area contributed by atoms with E-state index >= 15 is 0 Å². The zero-order valence-corrected chi connectivity index (χ0v) is 30.2. The Morgan fingerprint density at radius 2 is 1.24 bits per heavy atom. The van der Waals surface area contributed by atoms with Crippen molar-refractivity contribution < 1.29 is 33.4 Å². The molecule has 1 aliphatic rings. The van der Waals surface area contributed by atoms with E-state index in [1.807, 2.05) is 97.1 Å². The summed E-state index contributed by atoms with van der Waals surface area (Å²) in [6, 6.07) is 42.7. The summed E-state index contributed by atoms with van der Waals surface area (Å²) in [4.78, 5) is 56.1. The molecule has 280 valence electrons. The van der Waals surface area contributed by atoms with Gasteiger partial charge in [-0.25, -0.2) is 9.59 Å². The van der Waals surface area contributed by atoms with Crippen LogP contribution in [0.25, 0.3) is 0 Å². The largest absolute Gasteiger partial charge is 0.494 e. The van der Waals surface area contributed by atoms with Gasteiger partial charge in [0.15, 0.2) is 12.1 Å². The van der Waals surface area contributed by atoms with E-state index in [1.165, 1.54) is 9.80 Å². The number of hydrogen-bond acceptors (Lipinski definition) is 8. The quantitative estimate of drug-likeness (QED) is 0.0394. The second-order valence-electron chi connectivity index (χ2n) is 12.9. The molecule has 5 aromatic rings. The Bertz CT molecular complexity index is 2010. The van der Waals surface area contributed by atoms with Gasteiger partial charge in [0.2, 0.25) is 0 Å². The molecule has 1 saturated heterocycles. The first-order valence-corrected chi connectivity index (χ1v) is 18.1. The summed E-state index contributed by atoms with van der Waals surface area (Å²) in [5, 5.41) is 10.6. The summed E-state index contributed by atoms with van der Waals surface area (Å²) in [6.45, 7) is 1.26. The summed E-state index contributed by atoms with van der Waals surface area (Å²) in [6.07, 6.45) is -0.213. The van der Waals surface area contributed by atoms with Crippen LogP contribution in [0.15, 0.2) is 146 Å². The van der Waals surface area contributed by atoms with Gasteiger partial charge in [0.1, 0.15) is 18.2 Å². The van der Waals surface area contributed by atoms with Gasteiger partial charge in [0.25, 0.3) is 0 Å². The molecule has 0 saturated carbocycles. The average Bonchev–Trinajstić information content (AvgIpc) is 3.23. The molecule has 0 aromatic heterocycles. The highest BCUT2D eigenvalue weighted by Crippen LogP contribution is 2.31. The zero-order valence-electron chi connectivity index (χ0n) is 30.2. The van der Waals surface area contributed by atoms with E-state index < -0.39 is 36.0 Å². The minimum absolute atomic E-state index is 0.0977. The normalized spacial score (nSPS) is 13.3. The van der Waals surface area contributed by atoms with Crippen LogP contribution >= 0.6 is 0 Å². The van der Waals surface area contributed by atoms with Gasteiger partial charge >= 0.3 is 23.9 Å². The molecule has 5 aromatic carbocycles. The second-order valence-corrected chi connectivity index (χ2v) is 12.9. The van der Waals surface area contributed by atoms with Gasteiger partial charge in [-0.3, -0.25) is 20.3 Å². The van der Waals surface area contributed by atoms with Crippen molar-refractivity contribution in [1.82, 2.24) is 15.1 Å². The van der Waals surface area contributed by atoms with Crippen LogP contribution in [0.1, 0.15) is 52.8 Å². The topological polar surface area (TPSA) is 138 Å². The fourth-order valence-corrected chi connectivity index (χ4v) is 6.24. The van der Waals surface area contributed by atoms with Gasteiger partial charge in [-0.05, 0) is 59.4 Å². The number of amidine groups is 1. The number of ether oxygens (including phenoxy) is 3. The molecule has 1 aliphatic heterocycles.